The summed E-state index contributed by atoms with van der Waals surface area (Å²) < 4.78 is 0. The molecule has 3 nitrogen and oxygen atoms in total. The van der Waals surface area contributed by atoms with Gasteiger partial charge in [-0.25, -0.2) is 0 Å². The fourth-order valence-corrected chi connectivity index (χ4v) is 2.01. The number of aryl methyl sites for hydroxylation is 2. The molecule has 2 aromatic rings. The van der Waals surface area contributed by atoms with Crippen molar-refractivity contribution in [2.45, 2.75) is 13.8 Å². The fourth-order valence-electron chi connectivity index (χ4n) is 2.01. The average molecular weight is 253 g/mol. The molecule has 0 aliphatic rings. The smallest absolute Gasteiger partial charge is 0.258 e. The minimum absolute atomic E-state index is 0.114. The number of benzene rings is 2. The number of nitrogens with zero attached hydrogens (tertiary/aromatic N) is 1. The molecule has 0 atom stereocenters. The lowest BCUT2D eigenvalue weighted by atomic mass is 10.0. The molecule has 0 amide bonds. The SMILES string of the molecule is Cc1cccc(C)c1/C=C/c1cccc([N+](=O)[O-])c1. The molecular formula is C16H15NO2. The minimum atomic E-state index is -0.379. The quantitative estimate of drug-likeness (QED) is 0.462. The second-order valence-corrected chi connectivity index (χ2v) is 4.49. The van der Waals surface area contributed by atoms with Crippen molar-refractivity contribution in [3.05, 3.63) is 74.8 Å². The van der Waals surface area contributed by atoms with Crippen LogP contribution in [0.5, 0.6) is 0 Å². The summed E-state index contributed by atoms with van der Waals surface area (Å²) in [5, 5.41) is 10.7. The molecule has 2 aromatic carbocycles. The largest absolute Gasteiger partial charge is 0.270 e. The molecule has 2 rings (SSSR count). The van der Waals surface area contributed by atoms with Crippen molar-refractivity contribution in [3.63, 3.8) is 0 Å². The van der Waals surface area contributed by atoms with Crippen molar-refractivity contribution in [2.75, 3.05) is 0 Å². The molecule has 0 unspecified atom stereocenters. The molecule has 0 heterocycles. The van der Waals surface area contributed by atoms with Gasteiger partial charge in [0.15, 0.2) is 0 Å². The summed E-state index contributed by atoms with van der Waals surface area (Å²) >= 11 is 0. The standard InChI is InChI=1S/C16H15NO2/c1-12-5-3-6-13(2)16(12)10-9-14-7-4-8-15(11-14)17(18)19/h3-11H,1-2H3/b10-9+. The van der Waals surface area contributed by atoms with Gasteiger partial charge in [0.25, 0.3) is 5.69 Å². The zero-order valence-electron chi connectivity index (χ0n) is 11.0. The van der Waals surface area contributed by atoms with Crippen molar-refractivity contribution in [1.82, 2.24) is 0 Å². The van der Waals surface area contributed by atoms with Crippen LogP contribution in [0.3, 0.4) is 0 Å². The molecule has 0 radical (unpaired) electrons. The highest BCUT2D eigenvalue weighted by atomic mass is 16.6. The lowest BCUT2D eigenvalue weighted by Gasteiger charge is -2.04. The summed E-state index contributed by atoms with van der Waals surface area (Å²) in [6, 6.07) is 12.8. The van der Waals surface area contributed by atoms with Crippen LogP contribution in [0.15, 0.2) is 42.5 Å². The van der Waals surface area contributed by atoms with Gasteiger partial charge in [-0.05, 0) is 36.1 Å². The Morgan fingerprint density at radius 3 is 2.26 bits per heavy atom. The maximum Gasteiger partial charge on any atom is 0.270 e. The van der Waals surface area contributed by atoms with Crippen LogP contribution in [0.1, 0.15) is 22.3 Å². The van der Waals surface area contributed by atoms with E-state index in [9.17, 15) is 10.1 Å². The van der Waals surface area contributed by atoms with Crippen LogP contribution >= 0.6 is 0 Å². The van der Waals surface area contributed by atoms with Crippen molar-refractivity contribution >= 4 is 17.8 Å². The molecule has 0 saturated carbocycles. The molecule has 19 heavy (non-hydrogen) atoms. The highest BCUT2D eigenvalue weighted by Crippen LogP contribution is 2.19. The third-order valence-electron chi connectivity index (χ3n) is 3.07. The third-order valence-corrected chi connectivity index (χ3v) is 3.07. The van der Waals surface area contributed by atoms with Gasteiger partial charge >= 0.3 is 0 Å². The van der Waals surface area contributed by atoms with Crippen LogP contribution in [-0.4, -0.2) is 4.92 Å². The van der Waals surface area contributed by atoms with Gasteiger partial charge in [-0.1, -0.05) is 42.5 Å². The number of hydrogen-bond donors (Lipinski definition) is 0. The first-order chi connectivity index (χ1) is 9.08. The maximum absolute atomic E-state index is 10.7. The summed E-state index contributed by atoms with van der Waals surface area (Å²) in [5.74, 6) is 0. The van der Waals surface area contributed by atoms with Gasteiger partial charge in [0, 0.05) is 12.1 Å². The Kier molecular flexibility index (Phi) is 3.76. The first-order valence-corrected chi connectivity index (χ1v) is 6.06. The Balaban J connectivity index is 2.33. The maximum atomic E-state index is 10.7. The second-order valence-electron chi connectivity index (χ2n) is 4.49. The van der Waals surface area contributed by atoms with Crippen LogP contribution < -0.4 is 0 Å². The number of rotatable bonds is 3. The topological polar surface area (TPSA) is 43.1 Å². The van der Waals surface area contributed by atoms with Gasteiger partial charge in [0.05, 0.1) is 4.92 Å². The highest BCUT2D eigenvalue weighted by Gasteiger charge is 2.04. The summed E-state index contributed by atoms with van der Waals surface area (Å²) in [7, 11) is 0. The number of nitro groups is 1. The van der Waals surface area contributed by atoms with E-state index in [1.807, 2.05) is 24.3 Å². The van der Waals surface area contributed by atoms with Crippen molar-refractivity contribution in [2.24, 2.45) is 0 Å². The number of non-ortho nitro benzene ring substituents is 1. The molecule has 0 fully saturated rings. The van der Waals surface area contributed by atoms with Crippen LogP contribution in [0.2, 0.25) is 0 Å². The normalized spacial score (nSPS) is 10.8. The monoisotopic (exact) mass is 253 g/mol. The molecule has 3 heteroatoms. The van der Waals surface area contributed by atoms with Gasteiger partial charge in [0.2, 0.25) is 0 Å². The van der Waals surface area contributed by atoms with Crippen molar-refractivity contribution in [1.29, 1.82) is 0 Å². The van der Waals surface area contributed by atoms with E-state index in [2.05, 4.69) is 26.0 Å². The van der Waals surface area contributed by atoms with Crippen LogP contribution in [0, 0.1) is 24.0 Å². The molecule has 0 spiro atoms. The molecule has 0 aliphatic carbocycles. The number of nitro benzene ring substituents is 1. The molecule has 0 N–H and O–H groups in total. The summed E-state index contributed by atoms with van der Waals surface area (Å²) in [6.45, 7) is 4.11. The van der Waals surface area contributed by atoms with Crippen LogP contribution in [-0.2, 0) is 0 Å². The first kappa shape index (κ1) is 13.0. The summed E-state index contributed by atoms with van der Waals surface area (Å²) in [6.07, 6.45) is 3.91. The van der Waals surface area contributed by atoms with Crippen LogP contribution in [0.4, 0.5) is 5.69 Å². The highest BCUT2D eigenvalue weighted by molar-refractivity contribution is 5.73. The van der Waals surface area contributed by atoms with Crippen molar-refractivity contribution in [3.8, 4) is 0 Å². The van der Waals surface area contributed by atoms with E-state index in [1.165, 1.54) is 17.2 Å². The second kappa shape index (κ2) is 5.48. The van der Waals surface area contributed by atoms with Gasteiger partial charge in [-0.15, -0.1) is 0 Å². The zero-order chi connectivity index (χ0) is 13.8. The molecule has 96 valence electrons. The van der Waals surface area contributed by atoms with Gasteiger partial charge in [-0.3, -0.25) is 10.1 Å². The van der Waals surface area contributed by atoms with E-state index < -0.39 is 0 Å². The van der Waals surface area contributed by atoms with Gasteiger partial charge < -0.3 is 0 Å². The molecular weight excluding hydrogens is 238 g/mol. The average Bonchev–Trinajstić information content (AvgIpc) is 2.38. The van der Waals surface area contributed by atoms with E-state index in [-0.39, 0.29) is 10.6 Å². The Morgan fingerprint density at radius 1 is 1.00 bits per heavy atom. The van der Waals surface area contributed by atoms with E-state index in [4.69, 9.17) is 0 Å². The zero-order valence-corrected chi connectivity index (χ0v) is 11.0. The van der Waals surface area contributed by atoms with E-state index >= 15 is 0 Å². The Hall–Kier alpha value is -2.42. The fraction of sp³-hybridized carbons (Fsp3) is 0.125. The molecule has 0 bridgehead atoms. The summed E-state index contributed by atoms with van der Waals surface area (Å²) in [5.41, 5.74) is 4.50. The van der Waals surface area contributed by atoms with Gasteiger partial charge in [-0.2, -0.15) is 0 Å². The predicted molar refractivity (Wildman–Crippen MR) is 77.9 cm³/mol. The van der Waals surface area contributed by atoms with E-state index in [0.29, 0.717) is 0 Å². The summed E-state index contributed by atoms with van der Waals surface area (Å²) in [4.78, 5) is 10.3. The molecule has 0 saturated heterocycles. The Morgan fingerprint density at radius 2 is 1.63 bits per heavy atom. The number of hydrogen-bond acceptors (Lipinski definition) is 2. The minimum Gasteiger partial charge on any atom is -0.258 e. The van der Waals surface area contributed by atoms with E-state index in [1.54, 1.807) is 12.1 Å². The lowest BCUT2D eigenvalue weighted by molar-refractivity contribution is -0.384. The van der Waals surface area contributed by atoms with Gasteiger partial charge in [0.1, 0.15) is 0 Å². The lowest BCUT2D eigenvalue weighted by Crippen LogP contribution is -1.88. The predicted octanol–water partition coefficient (Wildman–Crippen LogP) is 4.38. The Bertz CT molecular complexity index is 625. The Labute approximate surface area is 112 Å². The first-order valence-electron chi connectivity index (χ1n) is 6.06. The molecule has 0 aliphatic heterocycles. The third kappa shape index (κ3) is 3.07. The van der Waals surface area contributed by atoms with E-state index in [0.717, 1.165) is 11.1 Å². The van der Waals surface area contributed by atoms with Crippen LogP contribution in [0.25, 0.3) is 12.2 Å². The molecule has 0 aromatic heterocycles. The van der Waals surface area contributed by atoms with Crippen molar-refractivity contribution < 1.29 is 4.92 Å².